The van der Waals surface area contributed by atoms with Gasteiger partial charge in [-0.2, -0.15) is 40.6 Å². The highest BCUT2D eigenvalue weighted by Gasteiger charge is 2.33. The van der Waals surface area contributed by atoms with Crippen molar-refractivity contribution in [3.05, 3.63) is 143 Å². The standard InChI is InChI=1S/C37H38N14O2.C22H28N4O2.C15H10N10/c1-24(18-38)43-31-17-34(51-36-27(21-42-51)16-25(19-39)20-41-36)40-22-33(31)50-23-32(45-46-50)26-2-4-28(5-3-26)47-12-14-48(15-13-47)29-6-8-30(9-7-29)49-11-10-35(52)44-37(49)53;1-2-17-3-5-18(6-4-17)24-13-15-25(16-14-24)19-7-9-20(10-8-19)26-12-11-21(27)23-22(26)28;1-9(4-16)22-12-3-14(19-8-13(12)23-24-18)25-15-11(7-21-25)2-10(5-17)6-20-15/h6-9,16-17,20-24,26,28H,2-5,10-15H2,1H3,(H,40,43)(H,44,52,53);1,7-10,17-18H,3-6,11-16H2,(H,23,27,28);2-3,6-9H,1H3,(H,19,22)/t24-,26?,28?;;9-/m1.1/s1. The van der Waals surface area contributed by atoms with Gasteiger partial charge in [-0.3, -0.25) is 39.8 Å². The van der Waals surface area contributed by atoms with Gasteiger partial charge in [0, 0.05) is 171 Å². The highest BCUT2D eigenvalue weighted by molar-refractivity contribution is 6.06. The van der Waals surface area contributed by atoms with E-state index in [4.69, 9.17) is 22.5 Å². The SMILES string of the molecule is C#CC1CCC(N2CCN(c3ccc(N4CCC(=O)NC4=O)cc3)CC2)CC1.C[C@H](C#N)Nc1cc(-n2ncc3cc(C#N)cnc32)ncc1-n1cc(C2CCC(N3CCN(c4ccc(N5CCC(=O)NC5=O)cc4)CC3)CC2)nn1.C[C@H](C#N)Nc1cc(-n2ncc3cc(C#N)cnc32)ncc1N=[N+]=[N-]. The Morgan fingerprint density at radius 3 is 1.49 bits per heavy atom. The van der Waals surface area contributed by atoms with Crippen LogP contribution in [0.25, 0.3) is 49.8 Å². The zero-order valence-corrected chi connectivity index (χ0v) is 58.5. The number of amides is 6. The molecule has 6 aliphatic rings. The molecule has 0 bridgehead atoms. The summed E-state index contributed by atoms with van der Waals surface area (Å²) in [5, 5.41) is 70.5. The third-order valence-corrected chi connectivity index (χ3v) is 20.2. The molecule has 7 aromatic heterocycles. The number of benzene rings is 2. The first kappa shape index (κ1) is 71.3. The van der Waals surface area contributed by atoms with Crippen molar-refractivity contribution in [1.29, 1.82) is 21.0 Å². The van der Waals surface area contributed by atoms with Crippen LogP contribution in [0.15, 0.2) is 121 Å². The molecule has 11 heterocycles. The summed E-state index contributed by atoms with van der Waals surface area (Å²) in [6.07, 6.45) is 26.5. The van der Waals surface area contributed by atoms with Crippen molar-refractivity contribution < 1.29 is 19.2 Å². The van der Waals surface area contributed by atoms with E-state index >= 15 is 0 Å². The number of nitrogens with one attached hydrogen (secondary N) is 4. The Labute approximate surface area is 610 Å². The van der Waals surface area contributed by atoms with Crippen LogP contribution in [0.1, 0.15) is 101 Å². The van der Waals surface area contributed by atoms with Crippen LogP contribution in [0.5, 0.6) is 0 Å². The third kappa shape index (κ3) is 16.2. The van der Waals surface area contributed by atoms with E-state index in [1.165, 1.54) is 54.6 Å². The maximum Gasteiger partial charge on any atom is 0.328 e. The fraction of sp³-hybridized carbons (Fsp3) is 0.378. The van der Waals surface area contributed by atoms with E-state index in [2.05, 4.69) is 134 Å². The van der Waals surface area contributed by atoms with E-state index in [-0.39, 0.29) is 29.6 Å². The first-order valence-corrected chi connectivity index (χ1v) is 35.3. The number of nitrogens with zero attached hydrogens (tertiary/aromatic N) is 24. The maximum atomic E-state index is 12.2. The predicted octanol–water partition coefficient (Wildman–Crippen LogP) is 9.29. The van der Waals surface area contributed by atoms with Gasteiger partial charge < -0.3 is 20.4 Å². The first-order valence-electron chi connectivity index (χ1n) is 35.3. The number of nitriles is 4. The van der Waals surface area contributed by atoms with Crippen molar-refractivity contribution in [3.8, 4) is 53.9 Å². The Hall–Kier alpha value is -13.1. The molecule has 2 aromatic carbocycles. The third-order valence-electron chi connectivity index (χ3n) is 20.2. The molecule has 0 spiro atoms. The molecule has 536 valence electrons. The lowest BCUT2D eigenvalue weighted by atomic mass is 9.83. The summed E-state index contributed by atoms with van der Waals surface area (Å²) < 4.78 is 4.82. The molecule has 15 rings (SSSR count). The van der Waals surface area contributed by atoms with Crippen molar-refractivity contribution in [2.45, 2.75) is 108 Å². The minimum atomic E-state index is -0.492. The molecule has 32 heteroatoms. The average molecular weight is 1420 g/mol. The summed E-state index contributed by atoms with van der Waals surface area (Å²) in [7, 11) is 0. The van der Waals surface area contributed by atoms with Crippen molar-refractivity contribution >= 4 is 85.8 Å². The molecular formula is C74H76N28O4. The number of imide groups is 2. The predicted molar refractivity (Wildman–Crippen MR) is 395 cm³/mol. The number of urea groups is 2. The van der Waals surface area contributed by atoms with Crippen LogP contribution in [-0.2, 0) is 9.59 Å². The van der Waals surface area contributed by atoms with Crippen molar-refractivity contribution in [1.82, 2.24) is 74.9 Å². The number of piperazine rings is 2. The molecule has 0 unspecified atom stereocenters. The summed E-state index contributed by atoms with van der Waals surface area (Å²) in [6.45, 7) is 12.4. The molecule has 6 amide bonds. The monoisotopic (exact) mass is 1420 g/mol. The Morgan fingerprint density at radius 2 is 1.03 bits per heavy atom. The Kier molecular flexibility index (Phi) is 21.9. The summed E-state index contributed by atoms with van der Waals surface area (Å²) in [5.41, 5.74) is 17.6. The second-order valence-electron chi connectivity index (χ2n) is 26.8. The smallest absolute Gasteiger partial charge is 0.328 e. The van der Waals surface area contributed by atoms with Gasteiger partial charge in [0.1, 0.15) is 29.9 Å². The number of terminal acetylenes is 1. The lowest BCUT2D eigenvalue weighted by Gasteiger charge is -2.42. The second-order valence-corrected chi connectivity index (χ2v) is 26.8. The highest BCUT2D eigenvalue weighted by Crippen LogP contribution is 2.37. The van der Waals surface area contributed by atoms with Gasteiger partial charge in [-0.05, 0) is 131 Å². The molecule has 2 aliphatic carbocycles. The van der Waals surface area contributed by atoms with E-state index in [9.17, 15) is 29.7 Å². The van der Waals surface area contributed by atoms with Crippen molar-refractivity contribution in [2.75, 3.05) is 95.7 Å². The summed E-state index contributed by atoms with van der Waals surface area (Å²) in [5.74, 6) is 4.21. The highest BCUT2D eigenvalue weighted by atomic mass is 16.2. The van der Waals surface area contributed by atoms with E-state index < -0.39 is 12.1 Å². The van der Waals surface area contributed by atoms with Crippen LogP contribution in [0.4, 0.5) is 49.4 Å². The largest absolute Gasteiger partial charge is 0.370 e. The van der Waals surface area contributed by atoms with E-state index in [0.717, 1.165) is 106 Å². The molecule has 4 saturated heterocycles. The summed E-state index contributed by atoms with van der Waals surface area (Å²) in [6, 6.07) is 30.9. The number of rotatable bonds is 15. The zero-order chi connectivity index (χ0) is 73.8. The second kappa shape index (κ2) is 32.5. The molecule has 4 N–H and O–H groups in total. The van der Waals surface area contributed by atoms with Gasteiger partial charge in [-0.15, -0.1) is 17.4 Å². The Bertz CT molecular complexity index is 5000. The summed E-state index contributed by atoms with van der Waals surface area (Å²) >= 11 is 0. The number of azide groups is 1. The molecule has 9 aromatic rings. The molecule has 32 nitrogen and oxygen atoms in total. The normalized spacial score (nSPS) is 19.7. The molecule has 0 radical (unpaired) electrons. The molecule has 4 aliphatic heterocycles. The van der Waals surface area contributed by atoms with Gasteiger partial charge in [-0.1, -0.05) is 10.3 Å². The molecule has 2 atom stereocenters. The van der Waals surface area contributed by atoms with E-state index in [0.29, 0.717) is 106 Å². The average Bonchev–Trinajstić information content (AvgIpc) is 1.59. The number of fused-ring (bicyclic) bond motifs is 2. The van der Waals surface area contributed by atoms with Crippen LogP contribution < -0.4 is 40.9 Å². The van der Waals surface area contributed by atoms with Gasteiger partial charge >= 0.3 is 12.1 Å². The number of carbonyl (C=O) groups is 4. The minimum absolute atomic E-state index is 0.205. The quantitative estimate of drug-likeness (QED) is 0.0321. The van der Waals surface area contributed by atoms with Gasteiger partial charge in [0.25, 0.3) is 0 Å². The van der Waals surface area contributed by atoms with Crippen LogP contribution in [-0.4, -0.2) is 178 Å². The molecule has 106 heavy (non-hydrogen) atoms. The van der Waals surface area contributed by atoms with Crippen LogP contribution in [0, 0.1) is 63.6 Å². The fourth-order valence-corrected chi connectivity index (χ4v) is 14.4. The molecular weight excluding hydrogens is 1350 g/mol. The van der Waals surface area contributed by atoms with Gasteiger partial charge in [-0.25, -0.2) is 34.2 Å². The molecule has 2 saturated carbocycles. The minimum Gasteiger partial charge on any atom is -0.370 e. The lowest BCUT2D eigenvalue weighted by Crippen LogP contribution is -2.51. The van der Waals surface area contributed by atoms with Crippen molar-refractivity contribution in [3.63, 3.8) is 0 Å². The van der Waals surface area contributed by atoms with Crippen LogP contribution in [0.2, 0.25) is 0 Å². The lowest BCUT2D eigenvalue weighted by molar-refractivity contribution is -0.121. The van der Waals surface area contributed by atoms with Gasteiger partial charge in [0.2, 0.25) is 11.8 Å². The number of hydrogen-bond donors (Lipinski definition) is 4. The van der Waals surface area contributed by atoms with Gasteiger partial charge in [0.05, 0.1) is 70.8 Å². The number of carbonyl (C=O) groups excluding carboxylic acids is 4. The Balaban J connectivity index is 0.000000157. The van der Waals surface area contributed by atoms with E-state index in [1.54, 1.807) is 69.8 Å². The number of aromatic nitrogens is 11. The summed E-state index contributed by atoms with van der Waals surface area (Å²) in [4.78, 5) is 80.6. The molecule has 6 fully saturated rings. The topological polar surface area (TPSA) is 398 Å². The van der Waals surface area contributed by atoms with Crippen LogP contribution in [0.3, 0.4) is 0 Å². The van der Waals surface area contributed by atoms with Gasteiger partial charge in [0.15, 0.2) is 22.9 Å². The zero-order valence-electron chi connectivity index (χ0n) is 58.5. The first-order chi connectivity index (χ1) is 51.7. The number of anilines is 6. The Morgan fingerprint density at radius 1 is 0.566 bits per heavy atom. The number of hydrogen-bond acceptors (Lipinski definition) is 23. The van der Waals surface area contributed by atoms with Crippen LogP contribution >= 0.6 is 0 Å². The van der Waals surface area contributed by atoms with Crippen molar-refractivity contribution in [2.24, 2.45) is 11.0 Å². The fourth-order valence-electron chi connectivity index (χ4n) is 14.4. The number of pyridine rings is 4. The van der Waals surface area contributed by atoms with E-state index in [1.807, 2.05) is 48.7 Å². The maximum absolute atomic E-state index is 12.2.